The zero-order chi connectivity index (χ0) is 15.5. The molecule has 0 aliphatic carbocycles. The van der Waals surface area contributed by atoms with E-state index in [1.54, 1.807) is 0 Å². The first kappa shape index (κ1) is 17.6. The van der Waals surface area contributed by atoms with Crippen molar-refractivity contribution in [3.63, 3.8) is 0 Å². The van der Waals surface area contributed by atoms with Crippen LogP contribution in [0.25, 0.3) is 0 Å². The Labute approximate surface area is 126 Å². The fourth-order valence-electron chi connectivity index (χ4n) is 2.21. The minimum absolute atomic E-state index is 0.0908. The van der Waals surface area contributed by atoms with Gasteiger partial charge in [0.15, 0.2) is 11.6 Å². The molecule has 1 aromatic heterocycles. The first-order chi connectivity index (χ1) is 10.2. The van der Waals surface area contributed by atoms with Gasteiger partial charge in [0.1, 0.15) is 5.69 Å². The first-order valence-electron chi connectivity index (χ1n) is 8.01. The number of pyridine rings is 1. The van der Waals surface area contributed by atoms with Crippen LogP contribution in [-0.4, -0.2) is 17.4 Å². The molecule has 0 unspecified atom stereocenters. The lowest BCUT2D eigenvalue weighted by Gasteiger charge is -2.06. The maximum Gasteiger partial charge on any atom is 0.214 e. The molecule has 118 valence electrons. The van der Waals surface area contributed by atoms with Crippen LogP contribution in [0.4, 0.5) is 4.39 Å². The molecule has 3 nitrogen and oxygen atoms in total. The van der Waals surface area contributed by atoms with Crippen LogP contribution in [0.3, 0.4) is 0 Å². The van der Waals surface area contributed by atoms with Crippen molar-refractivity contribution in [3.05, 3.63) is 23.6 Å². The Bertz CT molecular complexity index is 435. The third kappa shape index (κ3) is 6.69. The second-order valence-corrected chi connectivity index (χ2v) is 5.21. The highest BCUT2D eigenvalue weighted by Gasteiger charge is 2.14. The summed E-state index contributed by atoms with van der Waals surface area (Å²) in [6.45, 7) is 4.46. The van der Waals surface area contributed by atoms with Gasteiger partial charge in [-0.25, -0.2) is 9.37 Å². The number of halogens is 1. The van der Waals surface area contributed by atoms with E-state index in [0.29, 0.717) is 18.9 Å². The summed E-state index contributed by atoms with van der Waals surface area (Å²) in [5.74, 6) is -0.490. The predicted octanol–water partition coefficient (Wildman–Crippen LogP) is 4.94. The van der Waals surface area contributed by atoms with E-state index in [2.05, 4.69) is 11.9 Å². The second-order valence-electron chi connectivity index (χ2n) is 5.21. The summed E-state index contributed by atoms with van der Waals surface area (Å²) in [4.78, 5) is 16.0. The molecule has 21 heavy (non-hydrogen) atoms. The Morgan fingerprint density at radius 1 is 1.10 bits per heavy atom. The second kappa shape index (κ2) is 10.3. The molecule has 0 aromatic carbocycles. The normalized spacial score (nSPS) is 10.6. The molecule has 0 spiro atoms. The van der Waals surface area contributed by atoms with Crippen LogP contribution in [0.15, 0.2) is 12.1 Å². The van der Waals surface area contributed by atoms with Crippen LogP contribution in [0, 0.1) is 5.82 Å². The van der Waals surface area contributed by atoms with E-state index >= 15 is 0 Å². The Kier molecular flexibility index (Phi) is 8.63. The molecule has 0 fully saturated rings. The van der Waals surface area contributed by atoms with Crippen molar-refractivity contribution in [1.82, 2.24) is 4.98 Å². The molecule has 0 saturated carbocycles. The average molecular weight is 295 g/mol. The summed E-state index contributed by atoms with van der Waals surface area (Å²) in [6.07, 6.45) is 8.30. The van der Waals surface area contributed by atoms with E-state index in [9.17, 15) is 9.18 Å². The molecule has 0 radical (unpaired) electrons. The number of nitrogens with zero attached hydrogens (tertiary/aromatic N) is 1. The summed E-state index contributed by atoms with van der Waals surface area (Å²) in [6, 6.07) is 2.69. The van der Waals surface area contributed by atoms with Gasteiger partial charge in [-0.15, -0.1) is 0 Å². The first-order valence-corrected chi connectivity index (χ1v) is 8.01. The number of hydrogen-bond donors (Lipinski definition) is 0. The van der Waals surface area contributed by atoms with E-state index in [1.807, 2.05) is 6.92 Å². The van der Waals surface area contributed by atoms with Gasteiger partial charge in [-0.05, 0) is 19.4 Å². The number of unbranched alkanes of at least 4 members (excludes halogenated alkanes) is 6. The monoisotopic (exact) mass is 295 g/mol. The molecule has 1 rings (SSSR count). The van der Waals surface area contributed by atoms with Crippen molar-refractivity contribution >= 4 is 5.78 Å². The highest BCUT2D eigenvalue weighted by atomic mass is 19.1. The van der Waals surface area contributed by atoms with Crippen LogP contribution in [0.5, 0.6) is 5.88 Å². The Morgan fingerprint density at radius 3 is 2.43 bits per heavy atom. The van der Waals surface area contributed by atoms with Crippen LogP contribution in [0.1, 0.15) is 75.7 Å². The summed E-state index contributed by atoms with van der Waals surface area (Å²) in [5, 5.41) is 0. The van der Waals surface area contributed by atoms with Crippen molar-refractivity contribution < 1.29 is 13.9 Å². The van der Waals surface area contributed by atoms with Gasteiger partial charge in [0, 0.05) is 12.5 Å². The number of aromatic nitrogens is 1. The van der Waals surface area contributed by atoms with Gasteiger partial charge in [0.05, 0.1) is 6.61 Å². The van der Waals surface area contributed by atoms with Gasteiger partial charge in [-0.1, -0.05) is 45.4 Å². The zero-order valence-electron chi connectivity index (χ0n) is 13.2. The maximum absolute atomic E-state index is 13.6. The Balaban J connectivity index is 2.36. The smallest absolute Gasteiger partial charge is 0.214 e. The number of rotatable bonds is 11. The molecule has 4 heteroatoms. The van der Waals surface area contributed by atoms with Gasteiger partial charge in [0.2, 0.25) is 5.88 Å². The Hall–Kier alpha value is -1.45. The number of hydrogen-bond acceptors (Lipinski definition) is 3. The molecule has 0 atom stereocenters. The van der Waals surface area contributed by atoms with Gasteiger partial charge >= 0.3 is 0 Å². The molecule has 0 aliphatic heterocycles. The van der Waals surface area contributed by atoms with Crippen LogP contribution in [-0.2, 0) is 0 Å². The van der Waals surface area contributed by atoms with E-state index in [-0.39, 0.29) is 11.5 Å². The van der Waals surface area contributed by atoms with Gasteiger partial charge in [0.25, 0.3) is 0 Å². The highest BCUT2D eigenvalue weighted by molar-refractivity contribution is 5.94. The van der Waals surface area contributed by atoms with Crippen molar-refractivity contribution in [2.75, 3.05) is 6.61 Å². The van der Waals surface area contributed by atoms with E-state index in [4.69, 9.17) is 4.74 Å². The number of carbonyl (C=O) groups is 1. The minimum Gasteiger partial charge on any atom is -0.478 e. The lowest BCUT2D eigenvalue weighted by atomic mass is 10.1. The lowest BCUT2D eigenvalue weighted by Crippen LogP contribution is -2.07. The summed E-state index contributed by atoms with van der Waals surface area (Å²) < 4.78 is 18.8. The summed E-state index contributed by atoms with van der Waals surface area (Å²) in [7, 11) is 0. The topological polar surface area (TPSA) is 39.2 Å². The largest absolute Gasteiger partial charge is 0.478 e. The molecule has 0 saturated heterocycles. The fraction of sp³-hybridized carbons (Fsp3) is 0.647. The van der Waals surface area contributed by atoms with E-state index < -0.39 is 5.82 Å². The number of Topliss-reactive ketones (excluding diaryl/α,β-unsaturated/α-hetero) is 1. The van der Waals surface area contributed by atoms with Gasteiger partial charge in [-0.3, -0.25) is 4.79 Å². The van der Waals surface area contributed by atoms with Crippen molar-refractivity contribution in [3.8, 4) is 5.88 Å². The quantitative estimate of drug-likeness (QED) is 0.428. The fourth-order valence-corrected chi connectivity index (χ4v) is 2.21. The summed E-state index contributed by atoms with van der Waals surface area (Å²) >= 11 is 0. The highest BCUT2D eigenvalue weighted by Crippen LogP contribution is 2.16. The third-order valence-electron chi connectivity index (χ3n) is 3.38. The standard InChI is InChI=1S/C17H26FNO2/c1-3-5-6-7-8-9-10-11-15(20)17-14(18)12-13-16(19-17)21-4-2/h12-13H,3-11H2,1-2H3. The number of ketones is 1. The zero-order valence-corrected chi connectivity index (χ0v) is 13.2. The van der Waals surface area contributed by atoms with E-state index in [0.717, 1.165) is 19.3 Å². The van der Waals surface area contributed by atoms with Crippen LogP contribution < -0.4 is 4.74 Å². The molecular weight excluding hydrogens is 269 g/mol. The summed E-state index contributed by atoms with van der Waals surface area (Å²) in [5.41, 5.74) is -0.0908. The van der Waals surface area contributed by atoms with Gasteiger partial charge < -0.3 is 4.74 Å². The molecule has 0 N–H and O–H groups in total. The van der Waals surface area contributed by atoms with Crippen molar-refractivity contribution in [2.24, 2.45) is 0 Å². The average Bonchev–Trinajstić information content (AvgIpc) is 2.48. The van der Waals surface area contributed by atoms with Gasteiger partial charge in [-0.2, -0.15) is 0 Å². The lowest BCUT2D eigenvalue weighted by molar-refractivity contribution is 0.0968. The SMILES string of the molecule is CCCCCCCCCC(=O)c1nc(OCC)ccc1F. The molecule has 1 aromatic rings. The van der Waals surface area contributed by atoms with Crippen molar-refractivity contribution in [2.45, 2.75) is 65.2 Å². The number of ether oxygens (including phenoxy) is 1. The molecule has 1 heterocycles. The van der Waals surface area contributed by atoms with Crippen molar-refractivity contribution in [1.29, 1.82) is 0 Å². The maximum atomic E-state index is 13.6. The number of carbonyl (C=O) groups excluding carboxylic acids is 1. The van der Waals surface area contributed by atoms with E-state index in [1.165, 1.54) is 37.8 Å². The molecular formula is C17H26FNO2. The molecule has 0 aliphatic rings. The van der Waals surface area contributed by atoms with Crippen LogP contribution in [0.2, 0.25) is 0 Å². The van der Waals surface area contributed by atoms with Crippen LogP contribution >= 0.6 is 0 Å². The third-order valence-corrected chi connectivity index (χ3v) is 3.38. The minimum atomic E-state index is -0.564. The molecule has 0 amide bonds. The molecule has 0 bridgehead atoms. The Morgan fingerprint density at radius 2 is 1.76 bits per heavy atom. The predicted molar refractivity (Wildman–Crippen MR) is 82.3 cm³/mol.